The average Bonchev–Trinajstić information content (AvgIpc) is 3.03. The van der Waals surface area contributed by atoms with Crippen LogP contribution in [-0.4, -0.2) is 51.1 Å². The molecule has 124 valence electrons. The molecule has 0 aromatic carbocycles. The minimum Gasteiger partial charge on any atom is -0.339 e. The monoisotopic (exact) mass is 315 g/mol. The Labute approximate surface area is 137 Å². The highest BCUT2D eigenvalue weighted by Crippen LogP contribution is 2.19. The molecule has 1 fully saturated rings. The molecule has 0 spiro atoms. The summed E-state index contributed by atoms with van der Waals surface area (Å²) >= 11 is 0. The van der Waals surface area contributed by atoms with Crippen LogP contribution in [0.15, 0.2) is 28.9 Å². The van der Waals surface area contributed by atoms with Gasteiger partial charge in [-0.05, 0) is 25.5 Å². The average molecular weight is 315 g/mol. The first-order valence-corrected chi connectivity index (χ1v) is 8.45. The molecule has 1 saturated heterocycles. The van der Waals surface area contributed by atoms with Crippen molar-refractivity contribution in [3.63, 3.8) is 0 Å². The third kappa shape index (κ3) is 4.14. The Hall–Kier alpha value is -1.79. The fraction of sp³-hybridized carbons (Fsp3) is 0.588. The summed E-state index contributed by atoms with van der Waals surface area (Å²) in [6.45, 7) is 9.25. The largest absolute Gasteiger partial charge is 0.339 e. The van der Waals surface area contributed by atoms with E-state index in [-0.39, 0.29) is 0 Å². The Bertz CT molecular complexity index is 592. The molecule has 6 nitrogen and oxygen atoms in total. The molecule has 3 heterocycles. The molecular weight excluding hydrogens is 290 g/mol. The summed E-state index contributed by atoms with van der Waals surface area (Å²) in [4.78, 5) is 13.8. The number of hydrogen-bond acceptors (Lipinski definition) is 6. The number of nitrogens with zero attached hydrogens (tertiary/aromatic N) is 5. The maximum Gasteiger partial charge on any atom is 0.226 e. The molecule has 6 heteroatoms. The van der Waals surface area contributed by atoms with Gasteiger partial charge in [0.05, 0.1) is 12.2 Å². The molecule has 1 aliphatic rings. The fourth-order valence-corrected chi connectivity index (χ4v) is 2.99. The van der Waals surface area contributed by atoms with Crippen LogP contribution in [0.3, 0.4) is 0 Å². The second kappa shape index (κ2) is 7.66. The van der Waals surface area contributed by atoms with Crippen LogP contribution in [0.1, 0.15) is 43.7 Å². The van der Waals surface area contributed by atoms with E-state index < -0.39 is 0 Å². The van der Waals surface area contributed by atoms with Crippen molar-refractivity contribution in [2.24, 2.45) is 0 Å². The van der Waals surface area contributed by atoms with Crippen molar-refractivity contribution in [2.45, 2.75) is 39.3 Å². The van der Waals surface area contributed by atoms with Crippen molar-refractivity contribution in [1.82, 2.24) is 24.9 Å². The zero-order chi connectivity index (χ0) is 16.1. The molecule has 0 saturated carbocycles. The van der Waals surface area contributed by atoms with Gasteiger partial charge >= 0.3 is 0 Å². The van der Waals surface area contributed by atoms with Gasteiger partial charge in [0.1, 0.15) is 0 Å². The summed E-state index contributed by atoms with van der Waals surface area (Å²) in [6, 6.07) is 6.48. The second-order valence-electron chi connectivity index (χ2n) is 6.10. The van der Waals surface area contributed by atoms with Gasteiger partial charge < -0.3 is 4.52 Å². The van der Waals surface area contributed by atoms with Gasteiger partial charge in [0.2, 0.25) is 5.89 Å². The summed E-state index contributed by atoms with van der Waals surface area (Å²) in [6.07, 6.45) is 3.76. The topological polar surface area (TPSA) is 58.3 Å². The smallest absolute Gasteiger partial charge is 0.226 e. The molecular formula is C17H25N5O. The Balaban J connectivity index is 1.50. The molecule has 1 unspecified atom stereocenters. The molecule has 0 amide bonds. The molecule has 3 rings (SSSR count). The summed E-state index contributed by atoms with van der Waals surface area (Å²) in [5.41, 5.74) is 1.14. The maximum atomic E-state index is 5.26. The molecule has 0 N–H and O–H groups in total. The molecule has 0 aliphatic carbocycles. The number of rotatable bonds is 6. The third-order valence-electron chi connectivity index (χ3n) is 4.41. The van der Waals surface area contributed by atoms with Gasteiger partial charge in [0.25, 0.3) is 0 Å². The zero-order valence-electron chi connectivity index (χ0n) is 14.0. The van der Waals surface area contributed by atoms with Crippen LogP contribution < -0.4 is 0 Å². The number of pyridine rings is 1. The van der Waals surface area contributed by atoms with Crippen molar-refractivity contribution in [1.29, 1.82) is 0 Å². The predicted molar refractivity (Wildman–Crippen MR) is 87.8 cm³/mol. The summed E-state index contributed by atoms with van der Waals surface area (Å²) in [5, 5.41) is 4.08. The number of aromatic nitrogens is 3. The van der Waals surface area contributed by atoms with Gasteiger partial charge in [-0.25, -0.2) is 0 Å². The van der Waals surface area contributed by atoms with Gasteiger partial charge in [-0.1, -0.05) is 18.1 Å². The molecule has 2 aromatic heterocycles. The molecule has 2 aromatic rings. The van der Waals surface area contributed by atoms with Crippen molar-refractivity contribution < 1.29 is 4.52 Å². The first-order chi connectivity index (χ1) is 11.3. The summed E-state index contributed by atoms with van der Waals surface area (Å²) in [5.74, 6) is 1.56. The first kappa shape index (κ1) is 16.1. The van der Waals surface area contributed by atoms with Gasteiger partial charge in [-0.15, -0.1) is 0 Å². The molecule has 0 radical (unpaired) electrons. The van der Waals surface area contributed by atoms with E-state index in [1.54, 1.807) is 0 Å². The van der Waals surface area contributed by atoms with Crippen molar-refractivity contribution in [3.8, 4) is 0 Å². The van der Waals surface area contributed by atoms with Gasteiger partial charge in [-0.2, -0.15) is 4.98 Å². The van der Waals surface area contributed by atoms with Crippen LogP contribution in [0.2, 0.25) is 0 Å². The Morgan fingerprint density at radius 2 is 2.04 bits per heavy atom. The van der Waals surface area contributed by atoms with Crippen LogP contribution >= 0.6 is 0 Å². The van der Waals surface area contributed by atoms with E-state index in [9.17, 15) is 0 Å². The van der Waals surface area contributed by atoms with Gasteiger partial charge in [0, 0.05) is 44.8 Å². The van der Waals surface area contributed by atoms with E-state index >= 15 is 0 Å². The standard InChI is InChI=1S/C17H25N5O/c1-3-6-17-19-16(20-23-17)13-21-9-11-22(12-10-21)14(2)15-7-4-5-8-18-15/h4-5,7-8,14H,3,6,9-13H2,1-2H3. The minimum absolute atomic E-state index is 0.361. The van der Waals surface area contributed by atoms with Crippen molar-refractivity contribution in [2.75, 3.05) is 26.2 Å². The van der Waals surface area contributed by atoms with Crippen molar-refractivity contribution in [3.05, 3.63) is 41.8 Å². The van der Waals surface area contributed by atoms with E-state index in [1.165, 1.54) is 0 Å². The van der Waals surface area contributed by atoms with Crippen LogP contribution in [0, 0.1) is 0 Å². The van der Waals surface area contributed by atoms with E-state index in [0.29, 0.717) is 6.04 Å². The van der Waals surface area contributed by atoms with Crippen LogP contribution in [-0.2, 0) is 13.0 Å². The lowest BCUT2D eigenvalue weighted by atomic mass is 10.1. The summed E-state index contributed by atoms with van der Waals surface area (Å²) < 4.78 is 5.26. The molecule has 1 aliphatic heterocycles. The lowest BCUT2D eigenvalue weighted by Gasteiger charge is -2.37. The highest BCUT2D eigenvalue weighted by molar-refractivity contribution is 5.08. The summed E-state index contributed by atoms with van der Waals surface area (Å²) in [7, 11) is 0. The predicted octanol–water partition coefficient (Wildman–Crippen LogP) is 2.30. The lowest BCUT2D eigenvalue weighted by molar-refractivity contribution is 0.0942. The highest BCUT2D eigenvalue weighted by atomic mass is 16.5. The Kier molecular flexibility index (Phi) is 5.35. The highest BCUT2D eigenvalue weighted by Gasteiger charge is 2.23. The maximum absolute atomic E-state index is 5.26. The molecule has 23 heavy (non-hydrogen) atoms. The van der Waals surface area contributed by atoms with Crippen LogP contribution in [0.25, 0.3) is 0 Å². The minimum atomic E-state index is 0.361. The molecule has 1 atom stereocenters. The second-order valence-corrected chi connectivity index (χ2v) is 6.10. The number of piperazine rings is 1. The normalized spacial score (nSPS) is 18.2. The number of hydrogen-bond donors (Lipinski definition) is 0. The zero-order valence-corrected chi connectivity index (χ0v) is 14.0. The molecule has 0 bridgehead atoms. The first-order valence-electron chi connectivity index (χ1n) is 8.45. The quantitative estimate of drug-likeness (QED) is 0.815. The fourth-order valence-electron chi connectivity index (χ4n) is 2.99. The van der Waals surface area contributed by atoms with Gasteiger partial charge in [0.15, 0.2) is 5.82 Å². The van der Waals surface area contributed by atoms with E-state index in [1.807, 2.05) is 12.3 Å². The SMILES string of the molecule is CCCc1nc(CN2CCN(C(C)c3ccccn3)CC2)no1. The van der Waals surface area contributed by atoms with Gasteiger partial charge in [-0.3, -0.25) is 14.8 Å². The van der Waals surface area contributed by atoms with Crippen molar-refractivity contribution >= 4 is 0 Å². The van der Waals surface area contributed by atoms with E-state index in [2.05, 4.69) is 50.9 Å². The lowest BCUT2D eigenvalue weighted by Crippen LogP contribution is -2.46. The van der Waals surface area contributed by atoms with E-state index in [0.717, 1.165) is 63.0 Å². The van der Waals surface area contributed by atoms with E-state index in [4.69, 9.17) is 4.52 Å². The van der Waals surface area contributed by atoms with Crippen LogP contribution in [0.4, 0.5) is 0 Å². The number of aryl methyl sites for hydroxylation is 1. The Morgan fingerprint density at radius 1 is 1.22 bits per heavy atom. The Morgan fingerprint density at radius 3 is 2.74 bits per heavy atom. The van der Waals surface area contributed by atoms with Crippen LogP contribution in [0.5, 0.6) is 0 Å². The third-order valence-corrected chi connectivity index (χ3v) is 4.41.